The Balaban J connectivity index is 1.58. The number of nitrogens with zero attached hydrogens (tertiary/aromatic N) is 5. The van der Waals surface area contributed by atoms with Gasteiger partial charge in [0.15, 0.2) is 11.3 Å². The molecule has 4 rings (SSSR count). The Morgan fingerprint density at radius 2 is 1.91 bits per heavy atom. The van der Waals surface area contributed by atoms with E-state index in [-0.39, 0.29) is 16.4 Å². The Kier molecular flexibility index (Phi) is 5.78. The normalized spacial score (nSPS) is 11.8. The molecule has 0 unspecified atom stereocenters. The first-order valence-electron chi connectivity index (χ1n) is 8.93. The SMILES string of the molecule is Cc1cc(C(F)(F)F)n2nc(C(=O)Nc3cnn(Cc4ccc(Cl)c(Cl)c4)c3)c(Cl)c2n1. The summed E-state index contributed by atoms with van der Waals surface area (Å²) in [6.45, 7) is 1.74. The smallest absolute Gasteiger partial charge is 0.318 e. The Morgan fingerprint density at radius 3 is 2.59 bits per heavy atom. The van der Waals surface area contributed by atoms with E-state index in [1.807, 2.05) is 0 Å². The van der Waals surface area contributed by atoms with Crippen molar-refractivity contribution in [3.63, 3.8) is 0 Å². The van der Waals surface area contributed by atoms with Crippen LogP contribution in [-0.4, -0.2) is 30.3 Å². The second kappa shape index (κ2) is 8.27. The molecule has 0 aliphatic carbocycles. The number of carbonyl (C=O) groups excluding carboxylic acids is 1. The summed E-state index contributed by atoms with van der Waals surface area (Å²) in [5.74, 6) is -0.805. The molecule has 0 atom stereocenters. The quantitative estimate of drug-likeness (QED) is 0.398. The van der Waals surface area contributed by atoms with Crippen molar-refractivity contribution < 1.29 is 18.0 Å². The fourth-order valence-electron chi connectivity index (χ4n) is 2.99. The molecule has 0 spiro atoms. The fourth-order valence-corrected chi connectivity index (χ4v) is 3.56. The van der Waals surface area contributed by atoms with Gasteiger partial charge in [-0.05, 0) is 30.7 Å². The van der Waals surface area contributed by atoms with Crippen LogP contribution in [0, 0.1) is 6.92 Å². The minimum absolute atomic E-state index is 0.0853. The highest BCUT2D eigenvalue weighted by atomic mass is 35.5. The lowest BCUT2D eigenvalue weighted by molar-refractivity contribution is -0.142. The third-order valence-corrected chi connectivity index (χ3v) is 5.47. The Labute approximate surface area is 193 Å². The summed E-state index contributed by atoms with van der Waals surface area (Å²) in [7, 11) is 0. The standard InChI is InChI=1S/C19H12Cl3F3N6O/c1-9-4-14(19(23,24)25)31-17(27-9)15(22)16(29-31)18(32)28-11-6-26-30(8-11)7-10-2-3-12(20)13(21)5-10/h2-6,8H,7H2,1H3,(H,28,32). The average Bonchev–Trinajstić information content (AvgIpc) is 3.28. The van der Waals surface area contributed by atoms with E-state index in [1.54, 1.807) is 18.2 Å². The van der Waals surface area contributed by atoms with Crippen molar-refractivity contribution in [1.82, 2.24) is 24.4 Å². The van der Waals surface area contributed by atoms with E-state index in [0.29, 0.717) is 26.8 Å². The number of hydrogen-bond acceptors (Lipinski definition) is 4. The first kappa shape index (κ1) is 22.4. The molecule has 4 aromatic rings. The molecule has 3 heterocycles. The van der Waals surface area contributed by atoms with Gasteiger partial charge in [-0.15, -0.1) is 0 Å². The van der Waals surface area contributed by atoms with Gasteiger partial charge in [-0.2, -0.15) is 23.4 Å². The third kappa shape index (κ3) is 4.38. The van der Waals surface area contributed by atoms with Gasteiger partial charge in [-0.3, -0.25) is 9.48 Å². The third-order valence-electron chi connectivity index (χ3n) is 4.39. The van der Waals surface area contributed by atoms with Gasteiger partial charge >= 0.3 is 6.18 Å². The molecule has 0 fully saturated rings. The molecule has 3 aromatic heterocycles. The second-order valence-corrected chi connectivity index (χ2v) is 8.00. The fraction of sp³-hybridized carbons (Fsp3) is 0.158. The number of anilines is 1. The molecule has 0 saturated carbocycles. The summed E-state index contributed by atoms with van der Waals surface area (Å²) in [6.07, 6.45) is -1.79. The first-order chi connectivity index (χ1) is 15.0. The summed E-state index contributed by atoms with van der Waals surface area (Å²) < 4.78 is 42.1. The molecular formula is C19H12Cl3F3N6O. The number of aromatic nitrogens is 5. The van der Waals surface area contributed by atoms with Crippen molar-refractivity contribution >= 4 is 52.0 Å². The highest BCUT2D eigenvalue weighted by Crippen LogP contribution is 2.32. The summed E-state index contributed by atoms with van der Waals surface area (Å²) in [4.78, 5) is 16.6. The number of fused-ring (bicyclic) bond motifs is 1. The molecule has 0 bridgehead atoms. The minimum atomic E-state index is -4.71. The maximum absolute atomic E-state index is 13.4. The van der Waals surface area contributed by atoms with Gasteiger partial charge in [0.05, 0.1) is 28.5 Å². The number of benzene rings is 1. The van der Waals surface area contributed by atoms with E-state index < -0.39 is 23.5 Å². The molecule has 1 N–H and O–H groups in total. The van der Waals surface area contributed by atoms with Crippen LogP contribution in [0.5, 0.6) is 0 Å². The second-order valence-electron chi connectivity index (χ2n) is 6.81. The molecule has 166 valence electrons. The number of aryl methyl sites for hydroxylation is 1. The van der Waals surface area contributed by atoms with E-state index >= 15 is 0 Å². The lowest BCUT2D eigenvalue weighted by atomic mass is 10.2. The van der Waals surface area contributed by atoms with E-state index in [9.17, 15) is 18.0 Å². The minimum Gasteiger partial charge on any atom is -0.318 e. The summed E-state index contributed by atoms with van der Waals surface area (Å²) in [6, 6.07) is 5.94. The molecule has 0 radical (unpaired) electrons. The highest BCUT2D eigenvalue weighted by Gasteiger charge is 2.36. The summed E-state index contributed by atoms with van der Waals surface area (Å²) in [5.41, 5.74) is -0.544. The molecule has 32 heavy (non-hydrogen) atoms. The predicted molar refractivity (Wildman–Crippen MR) is 113 cm³/mol. The van der Waals surface area contributed by atoms with E-state index in [4.69, 9.17) is 34.8 Å². The first-order valence-corrected chi connectivity index (χ1v) is 10.1. The Hall–Kier alpha value is -2.82. The lowest BCUT2D eigenvalue weighted by Gasteiger charge is -2.09. The van der Waals surface area contributed by atoms with Crippen LogP contribution in [0.3, 0.4) is 0 Å². The van der Waals surface area contributed by atoms with E-state index in [0.717, 1.165) is 11.6 Å². The van der Waals surface area contributed by atoms with Crippen LogP contribution < -0.4 is 5.32 Å². The van der Waals surface area contributed by atoms with Crippen LogP contribution in [0.2, 0.25) is 15.1 Å². The number of rotatable bonds is 4. The topological polar surface area (TPSA) is 77.1 Å². The van der Waals surface area contributed by atoms with Crippen LogP contribution >= 0.6 is 34.8 Å². The Bertz CT molecular complexity index is 1350. The molecule has 13 heteroatoms. The van der Waals surface area contributed by atoms with Crippen molar-refractivity contribution in [3.05, 3.63) is 74.4 Å². The largest absolute Gasteiger partial charge is 0.433 e. The van der Waals surface area contributed by atoms with Crippen LogP contribution in [0.25, 0.3) is 5.65 Å². The van der Waals surface area contributed by atoms with Crippen molar-refractivity contribution in [3.8, 4) is 0 Å². The van der Waals surface area contributed by atoms with E-state index in [1.165, 1.54) is 24.0 Å². The molecule has 0 aliphatic rings. The van der Waals surface area contributed by atoms with Gasteiger partial charge in [-0.25, -0.2) is 9.50 Å². The lowest BCUT2D eigenvalue weighted by Crippen LogP contribution is -2.15. The number of nitrogens with one attached hydrogen (secondary N) is 1. The zero-order chi connectivity index (χ0) is 23.2. The predicted octanol–water partition coefficient (Wildman–Crippen LogP) is 5.51. The number of alkyl halides is 3. The zero-order valence-corrected chi connectivity index (χ0v) is 18.4. The molecule has 0 saturated heterocycles. The number of amides is 1. The molecule has 7 nitrogen and oxygen atoms in total. The van der Waals surface area contributed by atoms with Crippen molar-refractivity contribution in [1.29, 1.82) is 0 Å². The van der Waals surface area contributed by atoms with Gasteiger partial charge in [0.1, 0.15) is 10.7 Å². The number of carbonyl (C=O) groups is 1. The van der Waals surface area contributed by atoms with Crippen LogP contribution in [0.15, 0.2) is 36.7 Å². The summed E-state index contributed by atoms with van der Waals surface area (Å²) >= 11 is 18.0. The van der Waals surface area contributed by atoms with Gasteiger partial charge in [0.25, 0.3) is 5.91 Å². The maximum Gasteiger partial charge on any atom is 0.433 e. The number of halogens is 6. The van der Waals surface area contributed by atoms with Gasteiger partial charge < -0.3 is 5.32 Å². The van der Waals surface area contributed by atoms with Crippen LogP contribution in [0.1, 0.15) is 27.4 Å². The average molecular weight is 504 g/mol. The molecule has 0 aliphatic heterocycles. The number of hydrogen-bond donors (Lipinski definition) is 1. The van der Waals surface area contributed by atoms with Crippen LogP contribution in [-0.2, 0) is 12.7 Å². The van der Waals surface area contributed by atoms with Crippen molar-refractivity contribution in [2.45, 2.75) is 19.6 Å². The molecule has 1 aromatic carbocycles. The van der Waals surface area contributed by atoms with E-state index in [2.05, 4.69) is 20.5 Å². The van der Waals surface area contributed by atoms with Crippen molar-refractivity contribution in [2.24, 2.45) is 0 Å². The highest BCUT2D eigenvalue weighted by molar-refractivity contribution is 6.42. The summed E-state index contributed by atoms with van der Waals surface area (Å²) in [5, 5.41) is 10.9. The monoisotopic (exact) mass is 502 g/mol. The van der Waals surface area contributed by atoms with Crippen LogP contribution in [0.4, 0.5) is 18.9 Å². The zero-order valence-electron chi connectivity index (χ0n) is 16.1. The van der Waals surface area contributed by atoms with Gasteiger partial charge in [0.2, 0.25) is 0 Å². The maximum atomic E-state index is 13.4. The molecular weight excluding hydrogens is 492 g/mol. The van der Waals surface area contributed by atoms with Crippen molar-refractivity contribution in [2.75, 3.05) is 5.32 Å². The Morgan fingerprint density at radius 1 is 1.16 bits per heavy atom. The van der Waals surface area contributed by atoms with Gasteiger partial charge in [0, 0.05) is 11.9 Å². The molecule has 1 amide bonds. The van der Waals surface area contributed by atoms with Gasteiger partial charge in [-0.1, -0.05) is 40.9 Å².